The number of carbonyl (C=O) groups is 5. The van der Waals surface area contributed by atoms with Crippen LogP contribution < -0.4 is 32.3 Å². The van der Waals surface area contributed by atoms with Gasteiger partial charge in [0.15, 0.2) is 0 Å². The second kappa shape index (κ2) is 20.3. The molecule has 0 saturated heterocycles. The first kappa shape index (κ1) is 38.3. The number of nitrogens with one attached hydrogen (secondary N) is 5. The molecule has 1 aliphatic carbocycles. The van der Waals surface area contributed by atoms with E-state index in [2.05, 4.69) is 26.6 Å². The number of unbranched alkanes of at least 4 members (excludes halogenated alkanes) is 2. The van der Waals surface area contributed by atoms with E-state index in [4.69, 9.17) is 5.73 Å². The summed E-state index contributed by atoms with van der Waals surface area (Å²) in [4.78, 5) is 63.8. The van der Waals surface area contributed by atoms with E-state index in [1.54, 1.807) is 0 Å². The van der Waals surface area contributed by atoms with Gasteiger partial charge in [-0.3, -0.25) is 14.4 Å². The number of carbonyl (C=O) groups excluding carboxylic acids is 4. The van der Waals surface area contributed by atoms with Crippen molar-refractivity contribution in [3.05, 3.63) is 71.8 Å². The van der Waals surface area contributed by atoms with Crippen molar-refractivity contribution in [2.45, 2.75) is 94.6 Å². The minimum atomic E-state index is -1.19. The van der Waals surface area contributed by atoms with Gasteiger partial charge < -0.3 is 37.4 Å². The van der Waals surface area contributed by atoms with Crippen molar-refractivity contribution in [3.63, 3.8) is 0 Å². The van der Waals surface area contributed by atoms with Gasteiger partial charge in [-0.15, -0.1) is 0 Å². The van der Waals surface area contributed by atoms with Gasteiger partial charge in [-0.25, -0.2) is 9.59 Å². The Labute approximate surface area is 287 Å². The molecule has 13 heteroatoms. The van der Waals surface area contributed by atoms with Gasteiger partial charge in [-0.05, 0) is 68.5 Å². The van der Waals surface area contributed by atoms with Crippen LogP contribution in [0.2, 0.25) is 0 Å². The maximum absolute atomic E-state index is 13.6. The van der Waals surface area contributed by atoms with Crippen LogP contribution >= 0.6 is 11.8 Å². The summed E-state index contributed by atoms with van der Waals surface area (Å²) in [6, 6.07) is 15.7. The quantitative estimate of drug-likeness (QED) is 0.102. The van der Waals surface area contributed by atoms with Gasteiger partial charge in [0, 0.05) is 24.3 Å². The average molecular weight is 683 g/mol. The Hall–Kier alpha value is -4.10. The molecule has 8 N–H and O–H groups in total. The summed E-state index contributed by atoms with van der Waals surface area (Å²) in [5, 5.41) is 23.2. The first-order valence-electron chi connectivity index (χ1n) is 16.7. The Morgan fingerprint density at radius 1 is 0.833 bits per heavy atom. The number of hydrogen-bond acceptors (Lipinski definition) is 7. The van der Waals surface area contributed by atoms with E-state index >= 15 is 0 Å². The lowest BCUT2D eigenvalue weighted by Crippen LogP contribution is -2.57. The van der Waals surface area contributed by atoms with E-state index < -0.39 is 36.0 Å². The van der Waals surface area contributed by atoms with Crippen LogP contribution in [0.3, 0.4) is 0 Å². The number of rotatable bonds is 20. The molecule has 1 fully saturated rings. The van der Waals surface area contributed by atoms with Gasteiger partial charge in [0.25, 0.3) is 5.24 Å². The van der Waals surface area contributed by atoms with E-state index in [1.165, 1.54) is 11.8 Å². The number of carboxylic acids is 1. The number of aliphatic carboxylic acids is 1. The number of carboxylic acid groups (broad SMARTS) is 1. The predicted octanol–water partition coefficient (Wildman–Crippen LogP) is 3.86. The smallest absolute Gasteiger partial charge is 0.326 e. The molecule has 3 rings (SSSR count). The molecule has 0 aromatic heterocycles. The number of amides is 5. The summed E-state index contributed by atoms with van der Waals surface area (Å²) < 4.78 is 0. The fourth-order valence-electron chi connectivity index (χ4n) is 5.30. The molecule has 0 aliphatic heterocycles. The molecule has 2 aromatic rings. The van der Waals surface area contributed by atoms with E-state index in [-0.39, 0.29) is 41.9 Å². The highest BCUT2D eigenvalue weighted by Gasteiger charge is 2.41. The molecule has 1 saturated carbocycles. The normalized spacial score (nSPS) is 17.0. The molecule has 48 heavy (non-hydrogen) atoms. The molecule has 0 radical (unpaired) electrons. The van der Waals surface area contributed by atoms with Gasteiger partial charge in [-0.1, -0.05) is 86.3 Å². The third-order valence-corrected chi connectivity index (χ3v) is 9.05. The first-order valence-corrected chi connectivity index (χ1v) is 17.7. The highest BCUT2D eigenvalue weighted by atomic mass is 32.2. The third kappa shape index (κ3) is 13.6. The number of benzene rings is 2. The molecule has 262 valence electrons. The van der Waals surface area contributed by atoms with E-state index in [1.807, 2.05) is 74.5 Å². The van der Waals surface area contributed by atoms with Gasteiger partial charge >= 0.3 is 12.0 Å². The number of hydrogen-bond donors (Lipinski definition) is 7. The second-order valence-electron chi connectivity index (χ2n) is 12.4. The standard InChI is InChI=1S/C35H50N6O6S/c1-23(2)30(32(43)38-29-21-26(29)25-15-7-4-8-16-25)41-31(42)27(39-34(46)40-28(33(44)45)18-9-11-19-36)17-10-12-20-37-35(47)48-22-24-13-5-3-6-14-24/h3-8,13-16,23,26-30H,9-12,17-22,36H2,1-2H3,(H,37,47)(H,38,43)(H,41,42)(H,44,45)(H2,39,40,46)/t26-,27+,28-,29+,30-/m0/s1. The number of thioether (sulfide) groups is 1. The molecule has 0 spiro atoms. The Morgan fingerprint density at radius 2 is 1.46 bits per heavy atom. The highest BCUT2D eigenvalue weighted by Crippen LogP contribution is 2.40. The largest absolute Gasteiger partial charge is 0.480 e. The Balaban J connectivity index is 1.56. The van der Waals surface area contributed by atoms with Crippen LogP contribution in [0, 0.1) is 5.92 Å². The molecular weight excluding hydrogens is 632 g/mol. The third-order valence-electron chi connectivity index (χ3n) is 8.17. The van der Waals surface area contributed by atoms with Crippen molar-refractivity contribution in [2.75, 3.05) is 13.1 Å². The summed E-state index contributed by atoms with van der Waals surface area (Å²) in [6.45, 7) is 4.45. The lowest BCUT2D eigenvalue weighted by molar-refractivity contribution is -0.139. The van der Waals surface area contributed by atoms with Gasteiger partial charge in [0.2, 0.25) is 11.8 Å². The minimum absolute atomic E-state index is 0.0222. The van der Waals surface area contributed by atoms with Crippen LogP contribution in [0.4, 0.5) is 9.59 Å². The molecular formula is C35H50N6O6S. The maximum Gasteiger partial charge on any atom is 0.326 e. The van der Waals surface area contributed by atoms with E-state index in [0.717, 1.165) is 17.5 Å². The Bertz CT molecular complexity index is 1330. The topological polar surface area (TPSA) is 192 Å². The molecule has 12 nitrogen and oxygen atoms in total. The van der Waals surface area contributed by atoms with E-state index in [0.29, 0.717) is 44.5 Å². The SMILES string of the molecule is CC(C)[C@H](NC(=O)[C@@H](CCCCNC(=O)SCc1ccccc1)NC(=O)N[C@@H](CCCCN)C(=O)O)C(=O)N[C@@H]1C[C@H]1c1ccccc1. The summed E-state index contributed by atoms with van der Waals surface area (Å²) in [6.07, 6.45) is 3.37. The molecule has 0 heterocycles. The Kier molecular flexibility index (Phi) is 16.2. The summed E-state index contributed by atoms with van der Waals surface area (Å²) >= 11 is 1.17. The van der Waals surface area contributed by atoms with Gasteiger partial charge in [0.1, 0.15) is 18.1 Å². The average Bonchev–Trinajstić information content (AvgIpc) is 3.84. The zero-order valence-electron chi connectivity index (χ0n) is 27.8. The van der Waals surface area contributed by atoms with Crippen molar-refractivity contribution < 1.29 is 29.1 Å². The first-order chi connectivity index (χ1) is 23.1. The van der Waals surface area contributed by atoms with Crippen LogP contribution in [0.15, 0.2) is 60.7 Å². The zero-order chi connectivity index (χ0) is 34.9. The zero-order valence-corrected chi connectivity index (χ0v) is 28.6. The van der Waals surface area contributed by atoms with Crippen molar-refractivity contribution in [1.82, 2.24) is 26.6 Å². The minimum Gasteiger partial charge on any atom is -0.480 e. The summed E-state index contributed by atoms with van der Waals surface area (Å²) in [7, 11) is 0. The van der Waals surface area contributed by atoms with Crippen LogP contribution in [-0.4, -0.2) is 71.4 Å². The van der Waals surface area contributed by atoms with Crippen LogP contribution in [-0.2, 0) is 20.1 Å². The molecule has 0 bridgehead atoms. The molecule has 1 aliphatic rings. The van der Waals surface area contributed by atoms with Gasteiger partial charge in [-0.2, -0.15) is 0 Å². The summed E-state index contributed by atoms with van der Waals surface area (Å²) in [5.41, 5.74) is 7.71. The lowest BCUT2D eigenvalue weighted by Gasteiger charge is -2.26. The predicted molar refractivity (Wildman–Crippen MR) is 187 cm³/mol. The molecule has 2 aromatic carbocycles. The molecule has 5 atom stereocenters. The monoisotopic (exact) mass is 682 g/mol. The molecule has 0 unspecified atom stereocenters. The summed E-state index contributed by atoms with van der Waals surface area (Å²) in [5.74, 6) is -1.50. The van der Waals surface area contributed by atoms with Crippen LogP contribution in [0.5, 0.6) is 0 Å². The van der Waals surface area contributed by atoms with Crippen molar-refractivity contribution in [2.24, 2.45) is 11.7 Å². The van der Waals surface area contributed by atoms with Crippen molar-refractivity contribution >= 4 is 40.8 Å². The van der Waals surface area contributed by atoms with Crippen LogP contribution in [0.25, 0.3) is 0 Å². The van der Waals surface area contributed by atoms with Gasteiger partial charge in [0.05, 0.1) is 0 Å². The fourth-order valence-corrected chi connectivity index (χ4v) is 5.99. The number of nitrogens with two attached hydrogens (primary N) is 1. The number of urea groups is 1. The highest BCUT2D eigenvalue weighted by molar-refractivity contribution is 8.12. The van der Waals surface area contributed by atoms with E-state index in [9.17, 15) is 29.1 Å². The Morgan fingerprint density at radius 3 is 2.10 bits per heavy atom. The fraction of sp³-hybridized carbons (Fsp3) is 0.514. The maximum atomic E-state index is 13.6. The molecule has 5 amide bonds. The van der Waals surface area contributed by atoms with Crippen molar-refractivity contribution in [3.8, 4) is 0 Å². The van der Waals surface area contributed by atoms with Crippen molar-refractivity contribution in [1.29, 1.82) is 0 Å². The second-order valence-corrected chi connectivity index (χ2v) is 13.4. The lowest BCUT2D eigenvalue weighted by atomic mass is 10.0. The van der Waals surface area contributed by atoms with Crippen LogP contribution in [0.1, 0.15) is 75.8 Å².